The van der Waals surface area contributed by atoms with Gasteiger partial charge in [-0.1, -0.05) is 38.8 Å². The van der Waals surface area contributed by atoms with Gasteiger partial charge in [0.1, 0.15) is 0 Å². The van der Waals surface area contributed by atoms with E-state index in [0.717, 1.165) is 41.8 Å². The number of rotatable bonds is 7. The highest BCUT2D eigenvalue weighted by Gasteiger charge is 2.31. The van der Waals surface area contributed by atoms with E-state index in [9.17, 15) is 0 Å². The van der Waals surface area contributed by atoms with Crippen molar-refractivity contribution in [2.75, 3.05) is 13.2 Å². The number of ether oxygens (including phenoxy) is 1. The standard InChI is InChI=1S/C17H28ClNOS/c1-12(2)15-6-4-13(3)10-16(15)20-9-8-19-11-14-5-7-17(18)21-14/h5,7,12-13,15-16,19H,4,6,8-11H2,1-3H3. The maximum Gasteiger partial charge on any atom is 0.0931 e. The second-order valence-electron chi connectivity index (χ2n) is 6.62. The van der Waals surface area contributed by atoms with E-state index in [1.165, 1.54) is 24.1 Å². The van der Waals surface area contributed by atoms with Crippen molar-refractivity contribution < 1.29 is 4.74 Å². The largest absolute Gasteiger partial charge is 0.377 e. The van der Waals surface area contributed by atoms with Crippen LogP contribution in [0.2, 0.25) is 4.34 Å². The molecule has 1 aromatic heterocycles. The molecule has 0 amide bonds. The van der Waals surface area contributed by atoms with Gasteiger partial charge in [0.25, 0.3) is 0 Å². The van der Waals surface area contributed by atoms with E-state index in [1.54, 1.807) is 11.3 Å². The Bertz CT molecular complexity index is 421. The molecule has 1 fully saturated rings. The molecule has 1 aromatic rings. The van der Waals surface area contributed by atoms with E-state index >= 15 is 0 Å². The first-order chi connectivity index (χ1) is 10.1. The lowest BCUT2D eigenvalue weighted by molar-refractivity contribution is -0.0367. The van der Waals surface area contributed by atoms with E-state index in [1.807, 2.05) is 6.07 Å². The molecule has 1 N–H and O–H groups in total. The molecule has 120 valence electrons. The summed E-state index contributed by atoms with van der Waals surface area (Å²) in [5.41, 5.74) is 0. The van der Waals surface area contributed by atoms with Gasteiger partial charge in [0.2, 0.25) is 0 Å². The van der Waals surface area contributed by atoms with E-state index in [2.05, 4.69) is 32.2 Å². The summed E-state index contributed by atoms with van der Waals surface area (Å²) in [5.74, 6) is 2.27. The molecule has 0 radical (unpaired) electrons. The predicted molar refractivity (Wildman–Crippen MR) is 92.1 cm³/mol. The molecule has 0 aliphatic heterocycles. The van der Waals surface area contributed by atoms with Gasteiger partial charge in [0, 0.05) is 18.0 Å². The Morgan fingerprint density at radius 3 is 2.86 bits per heavy atom. The molecule has 4 heteroatoms. The Kier molecular flexibility index (Phi) is 7.00. The first-order valence-corrected chi connectivity index (χ1v) is 9.32. The van der Waals surface area contributed by atoms with Crippen molar-refractivity contribution in [3.8, 4) is 0 Å². The average molecular weight is 330 g/mol. The maximum absolute atomic E-state index is 6.19. The van der Waals surface area contributed by atoms with Gasteiger partial charge in [0.05, 0.1) is 17.0 Å². The van der Waals surface area contributed by atoms with Crippen LogP contribution in [-0.2, 0) is 11.3 Å². The molecule has 3 unspecified atom stereocenters. The van der Waals surface area contributed by atoms with Crippen LogP contribution in [0.15, 0.2) is 12.1 Å². The predicted octanol–water partition coefficient (Wildman–Crippen LogP) is 4.97. The number of hydrogen-bond donors (Lipinski definition) is 1. The number of nitrogens with one attached hydrogen (secondary N) is 1. The van der Waals surface area contributed by atoms with Crippen molar-refractivity contribution in [3.63, 3.8) is 0 Å². The summed E-state index contributed by atoms with van der Waals surface area (Å²) in [6.45, 7) is 9.61. The second-order valence-corrected chi connectivity index (χ2v) is 8.42. The number of halogens is 1. The lowest BCUT2D eigenvalue weighted by Gasteiger charge is -2.37. The van der Waals surface area contributed by atoms with E-state index in [4.69, 9.17) is 16.3 Å². The third-order valence-electron chi connectivity index (χ3n) is 4.50. The van der Waals surface area contributed by atoms with Crippen LogP contribution in [0.4, 0.5) is 0 Å². The van der Waals surface area contributed by atoms with Crippen LogP contribution in [0.3, 0.4) is 0 Å². The van der Waals surface area contributed by atoms with Crippen molar-refractivity contribution in [2.45, 2.75) is 52.7 Å². The van der Waals surface area contributed by atoms with E-state index < -0.39 is 0 Å². The van der Waals surface area contributed by atoms with Crippen LogP contribution < -0.4 is 5.32 Å². The third-order valence-corrected chi connectivity index (χ3v) is 5.73. The molecule has 2 rings (SSSR count). The molecule has 1 heterocycles. The molecule has 0 bridgehead atoms. The van der Waals surface area contributed by atoms with Crippen LogP contribution in [0.1, 0.15) is 44.9 Å². The second kappa shape index (κ2) is 8.52. The number of thiophene rings is 1. The highest BCUT2D eigenvalue weighted by Crippen LogP contribution is 2.35. The minimum Gasteiger partial charge on any atom is -0.377 e. The van der Waals surface area contributed by atoms with Gasteiger partial charge >= 0.3 is 0 Å². The summed E-state index contributed by atoms with van der Waals surface area (Å²) >= 11 is 7.57. The summed E-state index contributed by atoms with van der Waals surface area (Å²) < 4.78 is 7.05. The van der Waals surface area contributed by atoms with Crippen molar-refractivity contribution in [1.29, 1.82) is 0 Å². The molecular formula is C17H28ClNOS. The van der Waals surface area contributed by atoms with Gasteiger partial charge in [-0.25, -0.2) is 0 Å². The smallest absolute Gasteiger partial charge is 0.0931 e. The monoisotopic (exact) mass is 329 g/mol. The van der Waals surface area contributed by atoms with Gasteiger partial charge in [-0.3, -0.25) is 0 Å². The summed E-state index contributed by atoms with van der Waals surface area (Å²) in [7, 11) is 0. The van der Waals surface area contributed by atoms with Crippen molar-refractivity contribution in [1.82, 2.24) is 5.32 Å². The highest BCUT2D eigenvalue weighted by molar-refractivity contribution is 7.16. The minimum atomic E-state index is 0.451. The minimum absolute atomic E-state index is 0.451. The van der Waals surface area contributed by atoms with E-state index in [0.29, 0.717) is 6.10 Å². The molecule has 2 nitrogen and oxygen atoms in total. The van der Waals surface area contributed by atoms with Gasteiger partial charge in [-0.2, -0.15) is 0 Å². The molecular weight excluding hydrogens is 302 g/mol. The third kappa shape index (κ3) is 5.55. The van der Waals surface area contributed by atoms with Crippen LogP contribution >= 0.6 is 22.9 Å². The zero-order chi connectivity index (χ0) is 15.2. The fourth-order valence-corrected chi connectivity index (χ4v) is 4.30. The van der Waals surface area contributed by atoms with Gasteiger partial charge in [-0.05, 0) is 42.7 Å². The Labute approximate surface area is 138 Å². The summed E-state index contributed by atoms with van der Waals surface area (Å²) in [5, 5.41) is 3.44. The molecule has 1 aliphatic carbocycles. The van der Waals surface area contributed by atoms with Gasteiger partial charge in [-0.15, -0.1) is 11.3 Å². The molecule has 1 saturated carbocycles. The number of hydrogen-bond acceptors (Lipinski definition) is 3. The SMILES string of the molecule is CC1CCC(C(C)C)C(OCCNCc2ccc(Cl)s2)C1. The highest BCUT2D eigenvalue weighted by atomic mass is 35.5. The molecule has 21 heavy (non-hydrogen) atoms. The summed E-state index contributed by atoms with van der Waals surface area (Å²) in [6.07, 6.45) is 4.36. The van der Waals surface area contributed by atoms with Crippen LogP contribution in [0.25, 0.3) is 0 Å². The first-order valence-electron chi connectivity index (χ1n) is 8.12. The first kappa shape index (κ1) is 17.3. The molecule has 0 saturated heterocycles. The van der Waals surface area contributed by atoms with Gasteiger partial charge in [0.15, 0.2) is 0 Å². The van der Waals surface area contributed by atoms with Crippen LogP contribution in [0, 0.1) is 17.8 Å². The maximum atomic E-state index is 6.19. The zero-order valence-electron chi connectivity index (χ0n) is 13.4. The van der Waals surface area contributed by atoms with Crippen molar-refractivity contribution >= 4 is 22.9 Å². The van der Waals surface area contributed by atoms with Crippen molar-refractivity contribution in [3.05, 3.63) is 21.3 Å². The fourth-order valence-electron chi connectivity index (χ4n) is 3.25. The van der Waals surface area contributed by atoms with Crippen LogP contribution in [-0.4, -0.2) is 19.3 Å². The topological polar surface area (TPSA) is 21.3 Å². The summed E-state index contributed by atoms with van der Waals surface area (Å²) in [6, 6.07) is 4.04. The fraction of sp³-hybridized carbons (Fsp3) is 0.765. The van der Waals surface area contributed by atoms with E-state index in [-0.39, 0.29) is 0 Å². The van der Waals surface area contributed by atoms with Crippen LogP contribution in [0.5, 0.6) is 0 Å². The lowest BCUT2D eigenvalue weighted by Crippen LogP contribution is -2.35. The Morgan fingerprint density at radius 2 is 2.19 bits per heavy atom. The Balaban J connectivity index is 1.66. The van der Waals surface area contributed by atoms with Gasteiger partial charge < -0.3 is 10.1 Å². The Hall–Kier alpha value is -0.0900. The zero-order valence-corrected chi connectivity index (χ0v) is 15.0. The Morgan fingerprint density at radius 1 is 1.38 bits per heavy atom. The lowest BCUT2D eigenvalue weighted by atomic mass is 9.75. The molecule has 3 atom stereocenters. The molecule has 1 aliphatic rings. The normalized spacial score (nSPS) is 26.4. The average Bonchev–Trinajstić information content (AvgIpc) is 2.84. The molecule has 0 spiro atoms. The quantitative estimate of drug-likeness (QED) is 0.713. The molecule has 0 aromatic carbocycles. The van der Waals surface area contributed by atoms with Crippen molar-refractivity contribution in [2.24, 2.45) is 17.8 Å². The summed E-state index contributed by atoms with van der Waals surface area (Å²) in [4.78, 5) is 1.28.